The lowest BCUT2D eigenvalue weighted by molar-refractivity contribution is -0.147. The van der Waals surface area contributed by atoms with Crippen LogP contribution in [0.5, 0.6) is 0 Å². The molecule has 5 rings (SSSR count). The third-order valence-corrected chi connectivity index (χ3v) is 10.6. The minimum absolute atomic E-state index is 0.0152. The molecule has 2 saturated carbocycles. The first kappa shape index (κ1) is 27.3. The van der Waals surface area contributed by atoms with E-state index in [1.54, 1.807) is 11.3 Å². The van der Waals surface area contributed by atoms with Gasteiger partial charge in [-0.3, -0.25) is 14.2 Å². The number of carbonyl (C=O) groups excluding carboxylic acids is 2. The van der Waals surface area contributed by atoms with Gasteiger partial charge in [-0.15, -0.1) is 11.3 Å². The van der Waals surface area contributed by atoms with Crippen LogP contribution in [0.3, 0.4) is 0 Å². The van der Waals surface area contributed by atoms with E-state index in [1.165, 1.54) is 17.6 Å². The van der Waals surface area contributed by atoms with Crippen molar-refractivity contribution in [2.75, 3.05) is 19.4 Å². The summed E-state index contributed by atoms with van der Waals surface area (Å²) in [6, 6.07) is 9.16. The number of ketones is 1. The van der Waals surface area contributed by atoms with Crippen molar-refractivity contribution in [1.82, 2.24) is 4.90 Å². The zero-order valence-electron chi connectivity index (χ0n) is 20.7. The number of esters is 1. The molecule has 2 bridgehead atoms. The molecule has 36 heavy (non-hydrogen) atoms. The fourth-order valence-electron chi connectivity index (χ4n) is 6.19. The van der Waals surface area contributed by atoms with E-state index in [2.05, 4.69) is 16.3 Å². The molecule has 3 aliphatic rings. The lowest BCUT2D eigenvalue weighted by atomic mass is 9.70. The molecule has 1 N–H and O–H groups in total. The van der Waals surface area contributed by atoms with Crippen LogP contribution in [0.4, 0.5) is 0 Å². The summed E-state index contributed by atoms with van der Waals surface area (Å²) >= 11 is 8.07. The van der Waals surface area contributed by atoms with Crippen molar-refractivity contribution in [3.63, 3.8) is 0 Å². The van der Waals surface area contributed by atoms with Crippen molar-refractivity contribution >= 4 is 44.8 Å². The molecule has 1 aromatic heterocycles. The predicted molar refractivity (Wildman–Crippen MR) is 140 cm³/mol. The van der Waals surface area contributed by atoms with Gasteiger partial charge in [-0.2, -0.15) is 8.42 Å². The van der Waals surface area contributed by atoms with Gasteiger partial charge in [0.2, 0.25) is 0 Å². The molecule has 1 aliphatic heterocycles. The second-order valence-electron chi connectivity index (χ2n) is 10.4. The van der Waals surface area contributed by atoms with Gasteiger partial charge in [-0.05, 0) is 59.2 Å². The number of ether oxygens (including phenoxy) is 1. The van der Waals surface area contributed by atoms with Gasteiger partial charge in [0.15, 0.2) is 0 Å². The first-order valence-electron chi connectivity index (χ1n) is 12.0. The maximum absolute atomic E-state index is 12.3. The fourth-order valence-corrected chi connectivity index (χ4v) is 8.62. The summed E-state index contributed by atoms with van der Waals surface area (Å²) in [6.07, 6.45) is 2.94. The van der Waals surface area contributed by atoms with Crippen LogP contribution in [-0.4, -0.2) is 49.0 Å². The average molecular weight is 554 g/mol. The fraction of sp³-hybridized carbons (Fsp3) is 0.538. The van der Waals surface area contributed by atoms with E-state index in [9.17, 15) is 18.0 Å². The number of halogens is 1. The zero-order chi connectivity index (χ0) is 26.3. The standard InChI is InChI=1S/C16H16ClNO2S.C10H16O4S/c1-20-16(19)15(12-4-2-3-5-13(12)17)18-8-6-14-11(10-18)7-9-21-14;1-9(2)7-3-4-10(9,8(11)5-7)6-15(12,13)14/h2-5,7,9,15H,6,8,10H2,1H3;7H,3-6H2,1-2H3,(H,12,13,14)/t;7?,10-/m.0/s1. The summed E-state index contributed by atoms with van der Waals surface area (Å²) < 4.78 is 36.0. The Kier molecular flexibility index (Phi) is 7.70. The summed E-state index contributed by atoms with van der Waals surface area (Å²) in [5, 5.41) is 2.71. The third kappa shape index (κ3) is 5.00. The number of hydrogen-bond donors (Lipinski definition) is 1. The number of benzene rings is 1. The van der Waals surface area contributed by atoms with Gasteiger partial charge < -0.3 is 4.74 Å². The van der Waals surface area contributed by atoms with Crippen LogP contribution in [0.1, 0.15) is 55.2 Å². The van der Waals surface area contributed by atoms with Crippen molar-refractivity contribution in [1.29, 1.82) is 0 Å². The molecule has 196 valence electrons. The SMILES string of the molecule is CC1(C)C2CC[C@]1(CS(=O)(=O)O)C(=O)C2.COC(=O)C(c1ccccc1Cl)N1CCc2sccc2C1. The summed E-state index contributed by atoms with van der Waals surface area (Å²) in [7, 11) is -2.65. The smallest absolute Gasteiger partial charge is 0.327 e. The highest BCUT2D eigenvalue weighted by molar-refractivity contribution is 7.85. The predicted octanol–water partition coefficient (Wildman–Crippen LogP) is 4.94. The molecule has 7 nitrogen and oxygen atoms in total. The van der Waals surface area contributed by atoms with Gasteiger partial charge in [0.05, 0.1) is 18.3 Å². The molecular weight excluding hydrogens is 522 g/mol. The zero-order valence-corrected chi connectivity index (χ0v) is 23.1. The van der Waals surface area contributed by atoms with E-state index in [0.717, 1.165) is 31.5 Å². The van der Waals surface area contributed by atoms with E-state index < -0.39 is 27.3 Å². The maximum Gasteiger partial charge on any atom is 0.327 e. The highest BCUT2D eigenvalue weighted by Gasteiger charge is 2.65. The molecule has 2 unspecified atom stereocenters. The molecule has 0 spiro atoms. The van der Waals surface area contributed by atoms with Crippen LogP contribution in [0, 0.1) is 16.7 Å². The Labute approximate surface area is 221 Å². The molecule has 2 aromatic rings. The molecule has 10 heteroatoms. The number of nitrogens with zero attached hydrogens (tertiary/aromatic N) is 1. The van der Waals surface area contributed by atoms with E-state index >= 15 is 0 Å². The molecule has 0 radical (unpaired) electrons. The van der Waals surface area contributed by atoms with Crippen molar-refractivity contribution in [3.8, 4) is 0 Å². The number of thiophene rings is 1. The second kappa shape index (κ2) is 10.2. The van der Waals surface area contributed by atoms with E-state index in [4.69, 9.17) is 20.9 Å². The van der Waals surface area contributed by atoms with Crippen LogP contribution in [-0.2, 0) is 37.4 Å². The number of rotatable bonds is 5. The van der Waals surface area contributed by atoms with Crippen LogP contribution in [0.25, 0.3) is 0 Å². The number of hydrogen-bond acceptors (Lipinski definition) is 7. The van der Waals surface area contributed by atoms with Crippen LogP contribution < -0.4 is 0 Å². The summed E-state index contributed by atoms with van der Waals surface area (Å²) in [5.74, 6) is -0.364. The quantitative estimate of drug-likeness (QED) is 0.413. The minimum atomic E-state index is -4.08. The molecular formula is C26H32ClNO6S2. The number of methoxy groups -OCH3 is 1. The monoisotopic (exact) mass is 553 g/mol. The summed E-state index contributed by atoms with van der Waals surface area (Å²) in [6.45, 7) is 5.48. The first-order valence-corrected chi connectivity index (χ1v) is 14.9. The van der Waals surface area contributed by atoms with Crippen molar-refractivity contribution in [2.24, 2.45) is 16.7 Å². The van der Waals surface area contributed by atoms with Gasteiger partial charge in [0.1, 0.15) is 11.8 Å². The van der Waals surface area contributed by atoms with Crippen LogP contribution in [0.2, 0.25) is 5.02 Å². The van der Waals surface area contributed by atoms with Crippen LogP contribution >= 0.6 is 22.9 Å². The largest absolute Gasteiger partial charge is 0.468 e. The Bertz CT molecular complexity index is 1260. The Balaban J connectivity index is 0.000000179. The number of fused-ring (bicyclic) bond motifs is 3. The van der Waals surface area contributed by atoms with Gasteiger partial charge in [-0.1, -0.05) is 43.6 Å². The maximum atomic E-state index is 12.3. The average Bonchev–Trinajstić information content (AvgIpc) is 3.42. The highest BCUT2D eigenvalue weighted by atomic mass is 35.5. The lowest BCUT2D eigenvalue weighted by Crippen LogP contribution is -2.42. The van der Waals surface area contributed by atoms with Gasteiger partial charge in [0, 0.05) is 29.4 Å². The molecule has 2 aliphatic carbocycles. The molecule has 1 aromatic carbocycles. The first-order chi connectivity index (χ1) is 16.9. The van der Waals surface area contributed by atoms with Gasteiger partial charge >= 0.3 is 5.97 Å². The minimum Gasteiger partial charge on any atom is -0.468 e. The van der Waals surface area contributed by atoms with E-state index in [-0.39, 0.29) is 23.1 Å². The molecule has 2 fully saturated rings. The topological polar surface area (TPSA) is 101 Å². The van der Waals surface area contributed by atoms with E-state index in [1.807, 2.05) is 38.1 Å². The Morgan fingerprint density at radius 3 is 2.61 bits per heavy atom. The molecule has 3 atom stereocenters. The molecule has 0 amide bonds. The normalized spacial score (nSPS) is 25.6. The Morgan fingerprint density at radius 2 is 2.03 bits per heavy atom. The van der Waals surface area contributed by atoms with Crippen molar-refractivity contribution in [3.05, 3.63) is 56.7 Å². The summed E-state index contributed by atoms with van der Waals surface area (Å²) in [5.41, 5.74) is 0.988. The number of carbonyl (C=O) groups is 2. The van der Waals surface area contributed by atoms with E-state index in [0.29, 0.717) is 17.9 Å². The Morgan fingerprint density at radius 1 is 1.31 bits per heavy atom. The lowest BCUT2D eigenvalue weighted by Gasteiger charge is -2.35. The highest BCUT2D eigenvalue weighted by Crippen LogP contribution is 2.64. The van der Waals surface area contributed by atoms with Gasteiger partial charge in [-0.25, -0.2) is 4.79 Å². The van der Waals surface area contributed by atoms with Gasteiger partial charge in [0.25, 0.3) is 10.1 Å². The number of Topliss-reactive ketones (excluding diaryl/α,β-unsaturated/α-hetero) is 1. The molecule has 0 saturated heterocycles. The Hall–Kier alpha value is -1.78. The third-order valence-electron chi connectivity index (χ3n) is 8.39. The van der Waals surface area contributed by atoms with Crippen molar-refractivity contribution < 1.29 is 27.3 Å². The van der Waals surface area contributed by atoms with Crippen LogP contribution in [0.15, 0.2) is 35.7 Å². The molecule has 2 heterocycles. The van der Waals surface area contributed by atoms with Crippen molar-refractivity contribution in [2.45, 2.75) is 52.1 Å². The second-order valence-corrected chi connectivity index (χ2v) is 13.3. The summed E-state index contributed by atoms with van der Waals surface area (Å²) in [4.78, 5) is 27.7.